The number of benzene rings is 6. The van der Waals surface area contributed by atoms with Crippen LogP contribution < -0.4 is 0 Å². The molecule has 2 aromatic heterocycles. The number of nitrogens with zero attached hydrogens (tertiary/aromatic N) is 4. The van der Waals surface area contributed by atoms with Crippen molar-refractivity contribution in [1.82, 2.24) is 19.6 Å². The smallest absolute Gasteiger partial charge is 0.265 e. The zero-order chi connectivity index (χ0) is 34.1. The standard InChI is InChI=1S/C47H34N4.Pt/c1-47(2,43-25-27-50(48-43)33-15-11-13-31(29-33)45-39-21-7-3-17-35(39)36-18-4-8-22-40(36)45)44-26-28-51(49-44)34-16-12-14-32(30-34)46-41-23-9-5-19-37(41)38-20-6-10-24-42(38)46;/h3-14,17-30,45-46H,1-2H3;/q-2;+2. The van der Waals surface area contributed by atoms with Gasteiger partial charge in [-0.3, -0.25) is 9.36 Å². The molecule has 0 atom stereocenters. The monoisotopic (exact) mass is 849 g/mol. The average molecular weight is 850 g/mol. The van der Waals surface area contributed by atoms with Gasteiger partial charge < -0.3 is 0 Å². The molecule has 2 aliphatic rings. The molecule has 6 aromatic carbocycles. The molecule has 0 spiro atoms. The Morgan fingerprint density at radius 1 is 0.481 bits per heavy atom. The molecule has 0 bridgehead atoms. The van der Waals surface area contributed by atoms with Crippen LogP contribution in [0, 0.1) is 12.1 Å². The molecule has 0 radical (unpaired) electrons. The first-order chi connectivity index (χ1) is 25.0. The topological polar surface area (TPSA) is 35.6 Å². The summed E-state index contributed by atoms with van der Waals surface area (Å²) in [5, 5.41) is 10.2. The van der Waals surface area contributed by atoms with Gasteiger partial charge in [-0.25, -0.2) is 0 Å². The molecular weight excluding hydrogens is 816 g/mol. The molecule has 2 heterocycles. The van der Waals surface area contributed by atoms with Gasteiger partial charge in [-0.2, -0.15) is 46.6 Å². The van der Waals surface area contributed by atoms with E-state index in [1.165, 1.54) is 55.6 Å². The fourth-order valence-corrected chi connectivity index (χ4v) is 8.31. The van der Waals surface area contributed by atoms with Crippen LogP contribution in [0.25, 0.3) is 33.6 Å². The molecule has 0 saturated carbocycles. The molecule has 2 aliphatic carbocycles. The summed E-state index contributed by atoms with van der Waals surface area (Å²) in [6, 6.07) is 59.0. The minimum Gasteiger partial charge on any atom is -0.265 e. The van der Waals surface area contributed by atoms with Crippen molar-refractivity contribution in [2.24, 2.45) is 0 Å². The number of hydrogen-bond donors (Lipinski definition) is 0. The molecule has 0 N–H and O–H groups in total. The van der Waals surface area contributed by atoms with E-state index >= 15 is 0 Å². The van der Waals surface area contributed by atoms with E-state index in [1.54, 1.807) is 0 Å². The number of aromatic nitrogens is 4. The minimum atomic E-state index is -0.432. The second kappa shape index (κ2) is 12.6. The van der Waals surface area contributed by atoms with E-state index in [9.17, 15) is 0 Å². The van der Waals surface area contributed by atoms with Crippen LogP contribution in [0.5, 0.6) is 0 Å². The van der Waals surface area contributed by atoms with E-state index in [2.05, 4.69) is 159 Å². The van der Waals surface area contributed by atoms with Crippen LogP contribution in [0.4, 0.5) is 0 Å². The zero-order valence-electron chi connectivity index (χ0n) is 28.8. The molecule has 8 aromatic rings. The summed E-state index contributed by atoms with van der Waals surface area (Å²) < 4.78 is 3.89. The summed E-state index contributed by atoms with van der Waals surface area (Å²) in [4.78, 5) is 0. The quantitative estimate of drug-likeness (QED) is 0.156. The molecule has 5 heteroatoms. The van der Waals surface area contributed by atoms with Gasteiger partial charge in [0.2, 0.25) is 0 Å². The fourth-order valence-electron chi connectivity index (χ4n) is 8.31. The Labute approximate surface area is 318 Å². The van der Waals surface area contributed by atoms with Crippen LogP contribution in [-0.4, -0.2) is 19.6 Å². The van der Waals surface area contributed by atoms with Crippen LogP contribution in [0.2, 0.25) is 0 Å². The van der Waals surface area contributed by atoms with Crippen LogP contribution in [0.1, 0.15) is 70.5 Å². The van der Waals surface area contributed by atoms with Crippen molar-refractivity contribution in [3.8, 4) is 33.6 Å². The maximum atomic E-state index is 5.10. The van der Waals surface area contributed by atoms with E-state index < -0.39 is 5.41 Å². The predicted octanol–water partition coefficient (Wildman–Crippen LogP) is 10.3. The van der Waals surface area contributed by atoms with Gasteiger partial charge in [0.25, 0.3) is 0 Å². The molecular formula is C47H34N4Pt. The normalized spacial score (nSPS) is 13.3. The zero-order valence-corrected chi connectivity index (χ0v) is 31.0. The van der Waals surface area contributed by atoms with Crippen LogP contribution in [-0.2, 0) is 26.5 Å². The molecule has 0 amide bonds. The molecule has 0 unspecified atom stereocenters. The Balaban J connectivity index is 0.00000360. The fraction of sp³-hybridized carbons (Fsp3) is 0.106. The Hall–Kier alpha value is -5.57. The van der Waals surface area contributed by atoms with Crippen LogP contribution >= 0.6 is 0 Å². The van der Waals surface area contributed by atoms with Crippen molar-refractivity contribution < 1.29 is 21.1 Å². The van der Waals surface area contributed by atoms with E-state index in [4.69, 9.17) is 10.2 Å². The molecule has 52 heavy (non-hydrogen) atoms. The van der Waals surface area contributed by atoms with Gasteiger partial charge in [0.15, 0.2) is 0 Å². The third kappa shape index (κ3) is 5.08. The van der Waals surface area contributed by atoms with Gasteiger partial charge in [0.1, 0.15) is 0 Å². The van der Waals surface area contributed by atoms with E-state index in [1.807, 2.05) is 33.9 Å². The average Bonchev–Trinajstić information content (AvgIpc) is 3.99. The van der Waals surface area contributed by atoms with Crippen LogP contribution in [0.15, 0.2) is 158 Å². The number of rotatable bonds is 6. The molecule has 4 nitrogen and oxygen atoms in total. The summed E-state index contributed by atoms with van der Waals surface area (Å²) in [7, 11) is 0. The Morgan fingerprint density at radius 2 is 0.827 bits per heavy atom. The van der Waals surface area contributed by atoms with Crippen LogP contribution in [0.3, 0.4) is 0 Å². The largest absolute Gasteiger partial charge is 2.00 e. The van der Waals surface area contributed by atoms with Gasteiger partial charge in [-0.15, -0.1) is 23.3 Å². The van der Waals surface area contributed by atoms with Crippen molar-refractivity contribution in [3.05, 3.63) is 215 Å². The predicted molar refractivity (Wildman–Crippen MR) is 203 cm³/mol. The van der Waals surface area contributed by atoms with Crippen molar-refractivity contribution in [2.45, 2.75) is 31.1 Å². The Morgan fingerprint density at radius 3 is 1.19 bits per heavy atom. The third-order valence-electron chi connectivity index (χ3n) is 10.9. The second-order valence-electron chi connectivity index (χ2n) is 14.1. The summed E-state index contributed by atoms with van der Waals surface area (Å²) in [5.41, 5.74) is 16.4. The van der Waals surface area contributed by atoms with Gasteiger partial charge in [0, 0.05) is 24.2 Å². The van der Waals surface area contributed by atoms with E-state index in [-0.39, 0.29) is 32.9 Å². The van der Waals surface area contributed by atoms with Crippen molar-refractivity contribution in [2.75, 3.05) is 0 Å². The van der Waals surface area contributed by atoms with Gasteiger partial charge in [-0.1, -0.05) is 97.1 Å². The van der Waals surface area contributed by atoms with Crippen molar-refractivity contribution >= 4 is 0 Å². The van der Waals surface area contributed by atoms with E-state index in [0.29, 0.717) is 0 Å². The SMILES string of the molecule is CC(C)(c1ccn(-c2[c-]ccc(C3c4ccccc4-c4ccccc43)c2)n1)c1ccn(-c2[c-]ccc(C3c4ccccc4-c4ccccc43)c2)n1.[Pt+2]. The maximum Gasteiger partial charge on any atom is 2.00 e. The van der Waals surface area contributed by atoms with E-state index in [0.717, 1.165) is 22.8 Å². The van der Waals surface area contributed by atoms with Crippen molar-refractivity contribution in [1.29, 1.82) is 0 Å². The summed E-state index contributed by atoms with van der Waals surface area (Å²) in [6.07, 6.45) is 4.07. The molecule has 252 valence electrons. The third-order valence-corrected chi connectivity index (χ3v) is 10.9. The molecule has 0 saturated heterocycles. The number of fused-ring (bicyclic) bond motifs is 6. The first kappa shape index (κ1) is 32.3. The van der Waals surface area contributed by atoms with Crippen molar-refractivity contribution in [3.63, 3.8) is 0 Å². The summed E-state index contributed by atoms with van der Waals surface area (Å²) in [6.45, 7) is 4.37. The second-order valence-corrected chi connectivity index (χ2v) is 14.1. The first-order valence-corrected chi connectivity index (χ1v) is 17.6. The summed E-state index contributed by atoms with van der Waals surface area (Å²) in [5.74, 6) is 0.351. The number of hydrogen-bond acceptors (Lipinski definition) is 2. The summed E-state index contributed by atoms with van der Waals surface area (Å²) >= 11 is 0. The Bertz CT molecular complexity index is 2340. The minimum absolute atomic E-state index is 0. The molecule has 10 rings (SSSR count). The maximum absolute atomic E-state index is 5.10. The Kier molecular flexibility index (Phi) is 7.82. The van der Waals surface area contributed by atoms with Gasteiger partial charge in [0.05, 0.1) is 16.8 Å². The first-order valence-electron chi connectivity index (χ1n) is 17.6. The molecule has 0 fully saturated rings. The van der Waals surface area contributed by atoms with Gasteiger partial charge >= 0.3 is 21.1 Å². The molecule has 0 aliphatic heterocycles. The van der Waals surface area contributed by atoms with Gasteiger partial charge in [-0.05, 0) is 81.9 Å².